The highest BCUT2D eigenvalue weighted by Gasteiger charge is 2.20. The van der Waals surface area contributed by atoms with Crippen LogP contribution in [0.4, 0.5) is 11.4 Å². The molecule has 0 aliphatic rings. The summed E-state index contributed by atoms with van der Waals surface area (Å²) in [6.45, 7) is 3.72. The van der Waals surface area contributed by atoms with E-state index in [4.69, 9.17) is 4.74 Å². The molecule has 1 atom stereocenters. The standard InChI is InChI=1S/C26H28N2O4/c1-3-32-21-14-15-23(28-26(31)18(2)29)24(16-21)27-25(30)17-22(19-10-6-4-7-11-19)20-12-8-5-9-13-20/h4-16,18,22,29H,3,17H2,1-2H3,(H,27,30)(H,28,31). The molecule has 3 rings (SSSR count). The second-order valence-corrected chi connectivity index (χ2v) is 7.43. The quantitative estimate of drug-likeness (QED) is 0.462. The maximum absolute atomic E-state index is 13.1. The Kier molecular flexibility index (Phi) is 8.00. The Bertz CT molecular complexity index is 997. The topological polar surface area (TPSA) is 87.7 Å². The number of nitrogens with one attached hydrogen (secondary N) is 2. The second kappa shape index (κ2) is 11.1. The van der Waals surface area contributed by atoms with Crippen LogP contribution < -0.4 is 15.4 Å². The summed E-state index contributed by atoms with van der Waals surface area (Å²) in [5.41, 5.74) is 2.89. The molecule has 3 N–H and O–H groups in total. The van der Waals surface area contributed by atoms with Crippen LogP contribution in [-0.2, 0) is 9.59 Å². The van der Waals surface area contributed by atoms with E-state index in [1.54, 1.807) is 18.2 Å². The first kappa shape index (κ1) is 23.0. The highest BCUT2D eigenvalue weighted by molar-refractivity contribution is 6.01. The average molecular weight is 433 g/mol. The number of carbonyl (C=O) groups excluding carboxylic acids is 2. The molecule has 0 bridgehead atoms. The van der Waals surface area contributed by atoms with Gasteiger partial charge >= 0.3 is 0 Å². The number of benzene rings is 3. The number of rotatable bonds is 9. The summed E-state index contributed by atoms with van der Waals surface area (Å²) in [6, 6.07) is 24.8. The summed E-state index contributed by atoms with van der Waals surface area (Å²) in [5.74, 6) is -0.316. The van der Waals surface area contributed by atoms with Crippen LogP contribution in [0.1, 0.15) is 37.3 Å². The minimum Gasteiger partial charge on any atom is -0.494 e. The highest BCUT2D eigenvalue weighted by atomic mass is 16.5. The predicted molar refractivity (Wildman–Crippen MR) is 126 cm³/mol. The van der Waals surface area contributed by atoms with Crippen LogP contribution in [0.2, 0.25) is 0 Å². The zero-order valence-corrected chi connectivity index (χ0v) is 18.2. The minimum atomic E-state index is -1.18. The van der Waals surface area contributed by atoms with Crippen molar-refractivity contribution in [3.8, 4) is 5.75 Å². The Labute approximate surface area is 188 Å². The van der Waals surface area contributed by atoms with Gasteiger partial charge in [-0.2, -0.15) is 0 Å². The summed E-state index contributed by atoms with van der Waals surface area (Å²) in [6.07, 6.45) is -0.956. The van der Waals surface area contributed by atoms with Gasteiger partial charge in [0.15, 0.2) is 0 Å². The third-order valence-corrected chi connectivity index (χ3v) is 5.01. The Balaban J connectivity index is 1.85. The van der Waals surface area contributed by atoms with E-state index >= 15 is 0 Å². The van der Waals surface area contributed by atoms with E-state index in [2.05, 4.69) is 10.6 Å². The van der Waals surface area contributed by atoms with E-state index in [9.17, 15) is 14.7 Å². The van der Waals surface area contributed by atoms with Crippen LogP contribution in [0.5, 0.6) is 5.75 Å². The molecule has 32 heavy (non-hydrogen) atoms. The van der Waals surface area contributed by atoms with E-state index in [1.807, 2.05) is 67.6 Å². The first-order valence-electron chi connectivity index (χ1n) is 10.6. The van der Waals surface area contributed by atoms with E-state index in [0.717, 1.165) is 11.1 Å². The lowest BCUT2D eigenvalue weighted by Crippen LogP contribution is -2.25. The largest absolute Gasteiger partial charge is 0.494 e. The molecule has 166 valence electrons. The van der Waals surface area contributed by atoms with Gasteiger partial charge < -0.3 is 20.5 Å². The average Bonchev–Trinajstić information content (AvgIpc) is 2.80. The van der Waals surface area contributed by atoms with E-state index in [-0.39, 0.29) is 18.2 Å². The minimum absolute atomic E-state index is 0.122. The molecule has 0 fully saturated rings. The van der Waals surface area contributed by atoms with Gasteiger partial charge in [0.05, 0.1) is 18.0 Å². The lowest BCUT2D eigenvalue weighted by atomic mass is 9.88. The fourth-order valence-electron chi connectivity index (χ4n) is 3.41. The third-order valence-electron chi connectivity index (χ3n) is 5.01. The monoisotopic (exact) mass is 432 g/mol. The van der Waals surface area contributed by atoms with Gasteiger partial charge in [-0.3, -0.25) is 9.59 Å². The maximum atomic E-state index is 13.1. The van der Waals surface area contributed by atoms with Crippen LogP contribution in [0.15, 0.2) is 78.9 Å². The molecule has 0 spiro atoms. The fraction of sp³-hybridized carbons (Fsp3) is 0.231. The number of aliphatic hydroxyl groups excluding tert-OH is 1. The van der Waals surface area contributed by atoms with Crippen molar-refractivity contribution in [3.63, 3.8) is 0 Å². The molecule has 6 nitrogen and oxygen atoms in total. The second-order valence-electron chi connectivity index (χ2n) is 7.43. The van der Waals surface area contributed by atoms with Gasteiger partial charge in [-0.1, -0.05) is 60.7 Å². The zero-order chi connectivity index (χ0) is 22.9. The SMILES string of the molecule is CCOc1ccc(NC(=O)C(C)O)c(NC(=O)CC(c2ccccc2)c2ccccc2)c1. The van der Waals surface area contributed by atoms with E-state index < -0.39 is 12.0 Å². The number of carbonyl (C=O) groups is 2. The van der Waals surface area contributed by atoms with E-state index in [1.165, 1.54) is 6.92 Å². The first-order chi connectivity index (χ1) is 15.5. The molecule has 2 amide bonds. The van der Waals surface area contributed by atoms with Crippen LogP contribution in [0.3, 0.4) is 0 Å². The van der Waals surface area contributed by atoms with Crippen LogP contribution in [-0.4, -0.2) is 29.6 Å². The Hall–Kier alpha value is -3.64. The van der Waals surface area contributed by atoms with Crippen molar-refractivity contribution in [2.45, 2.75) is 32.3 Å². The smallest absolute Gasteiger partial charge is 0.252 e. The predicted octanol–water partition coefficient (Wildman–Crippen LogP) is 4.57. The number of amides is 2. The van der Waals surface area contributed by atoms with Gasteiger partial charge in [0.1, 0.15) is 11.9 Å². The van der Waals surface area contributed by atoms with Gasteiger partial charge in [-0.05, 0) is 37.1 Å². The van der Waals surface area contributed by atoms with Crippen molar-refractivity contribution in [3.05, 3.63) is 90.0 Å². The number of aliphatic hydroxyl groups is 1. The number of ether oxygens (including phenoxy) is 1. The first-order valence-corrected chi connectivity index (χ1v) is 10.6. The van der Waals surface area contributed by atoms with E-state index in [0.29, 0.717) is 23.7 Å². The van der Waals surface area contributed by atoms with Crippen molar-refractivity contribution in [1.29, 1.82) is 0 Å². The van der Waals surface area contributed by atoms with Crippen molar-refractivity contribution in [2.24, 2.45) is 0 Å². The normalized spacial score (nSPS) is 11.6. The maximum Gasteiger partial charge on any atom is 0.252 e. The zero-order valence-electron chi connectivity index (χ0n) is 18.2. The molecule has 1 unspecified atom stereocenters. The fourth-order valence-corrected chi connectivity index (χ4v) is 3.41. The van der Waals surface area contributed by atoms with Gasteiger partial charge in [0.2, 0.25) is 5.91 Å². The molecule has 0 radical (unpaired) electrons. The number of hydrogen-bond donors (Lipinski definition) is 3. The van der Waals surface area contributed by atoms with Gasteiger partial charge in [-0.15, -0.1) is 0 Å². The molecule has 3 aromatic carbocycles. The molecule has 3 aromatic rings. The number of anilines is 2. The molecule has 0 heterocycles. The van der Waals surface area contributed by atoms with Crippen LogP contribution >= 0.6 is 0 Å². The van der Waals surface area contributed by atoms with Gasteiger partial charge in [-0.25, -0.2) is 0 Å². The van der Waals surface area contributed by atoms with Crippen molar-refractivity contribution in [2.75, 3.05) is 17.2 Å². The molecular weight excluding hydrogens is 404 g/mol. The van der Waals surface area contributed by atoms with Crippen molar-refractivity contribution < 1.29 is 19.4 Å². The summed E-state index contributed by atoms with van der Waals surface area (Å²) in [4.78, 5) is 25.1. The molecular formula is C26H28N2O4. The van der Waals surface area contributed by atoms with Gasteiger partial charge in [0.25, 0.3) is 5.91 Å². The summed E-state index contributed by atoms with van der Waals surface area (Å²) < 4.78 is 5.54. The molecule has 6 heteroatoms. The molecule has 0 aromatic heterocycles. The molecule has 0 aliphatic heterocycles. The Morgan fingerprint density at radius 3 is 2.00 bits per heavy atom. The summed E-state index contributed by atoms with van der Waals surface area (Å²) >= 11 is 0. The molecule has 0 saturated heterocycles. The molecule has 0 saturated carbocycles. The molecule has 0 aliphatic carbocycles. The summed E-state index contributed by atoms with van der Waals surface area (Å²) in [7, 11) is 0. The number of hydrogen-bond acceptors (Lipinski definition) is 4. The third kappa shape index (κ3) is 6.18. The lowest BCUT2D eigenvalue weighted by molar-refractivity contribution is -0.123. The Morgan fingerprint density at radius 2 is 1.47 bits per heavy atom. The van der Waals surface area contributed by atoms with Crippen LogP contribution in [0, 0.1) is 0 Å². The summed E-state index contributed by atoms with van der Waals surface area (Å²) in [5, 5.41) is 15.1. The van der Waals surface area contributed by atoms with Crippen molar-refractivity contribution >= 4 is 23.2 Å². The lowest BCUT2D eigenvalue weighted by Gasteiger charge is -2.19. The Morgan fingerprint density at radius 1 is 0.875 bits per heavy atom. The van der Waals surface area contributed by atoms with Crippen LogP contribution in [0.25, 0.3) is 0 Å². The van der Waals surface area contributed by atoms with Crippen molar-refractivity contribution in [1.82, 2.24) is 0 Å². The van der Waals surface area contributed by atoms with Gasteiger partial charge in [0, 0.05) is 18.4 Å². The highest BCUT2D eigenvalue weighted by Crippen LogP contribution is 2.31.